The Kier molecular flexibility index (Phi) is 7.67. The Morgan fingerprint density at radius 3 is 2.12 bits per heavy atom. The number of aldehydes is 1. The summed E-state index contributed by atoms with van der Waals surface area (Å²) in [5, 5.41) is 2.51. The second-order valence-corrected chi connectivity index (χ2v) is 7.82. The van der Waals surface area contributed by atoms with E-state index in [1.165, 1.54) is 0 Å². The molecule has 3 aromatic rings. The van der Waals surface area contributed by atoms with Crippen molar-refractivity contribution in [1.29, 1.82) is 0 Å². The number of carbonyl (C=O) groups excluding carboxylic acids is 3. The number of fused-ring (bicyclic) bond motifs is 3. The third-order valence-electron chi connectivity index (χ3n) is 5.61. The normalized spacial score (nSPS) is 12.8. The van der Waals surface area contributed by atoms with Crippen LogP contribution in [0.4, 0.5) is 4.79 Å². The maximum Gasteiger partial charge on any atom is 0.407 e. The van der Waals surface area contributed by atoms with Crippen LogP contribution < -0.4 is 5.32 Å². The molecule has 1 atom stereocenters. The lowest BCUT2D eigenvalue weighted by atomic mass is 9.98. The molecule has 0 spiro atoms. The monoisotopic (exact) mass is 459 g/mol. The third kappa shape index (κ3) is 5.50. The fraction of sp³-hybridized carbons (Fsp3) is 0.222. The molecule has 7 nitrogen and oxygen atoms in total. The van der Waals surface area contributed by atoms with Crippen LogP contribution in [-0.2, 0) is 30.4 Å². The highest BCUT2D eigenvalue weighted by Crippen LogP contribution is 2.44. The Hall–Kier alpha value is -3.97. The Morgan fingerprint density at radius 2 is 1.47 bits per heavy atom. The molecule has 3 aromatic carbocycles. The van der Waals surface area contributed by atoms with Gasteiger partial charge in [-0.2, -0.15) is 0 Å². The number of hydrogen-bond donors (Lipinski definition) is 1. The van der Waals surface area contributed by atoms with Gasteiger partial charge in [-0.15, -0.1) is 0 Å². The smallest absolute Gasteiger partial charge is 0.407 e. The van der Waals surface area contributed by atoms with Gasteiger partial charge in [0.15, 0.2) is 6.04 Å². The summed E-state index contributed by atoms with van der Waals surface area (Å²) in [4.78, 5) is 35.7. The molecule has 1 N–H and O–H groups in total. The zero-order chi connectivity index (χ0) is 23.8. The summed E-state index contributed by atoms with van der Waals surface area (Å²) in [6.07, 6.45) is -0.196. The minimum atomic E-state index is -1.11. The minimum Gasteiger partial charge on any atom is -0.459 e. The molecular weight excluding hydrogens is 434 g/mol. The third-order valence-corrected chi connectivity index (χ3v) is 5.61. The quantitative estimate of drug-likeness (QED) is 0.281. The number of nitrogens with one attached hydrogen (secondary N) is 1. The number of rotatable bonds is 10. The van der Waals surface area contributed by atoms with Gasteiger partial charge in [-0.25, -0.2) is 9.59 Å². The van der Waals surface area contributed by atoms with Crippen molar-refractivity contribution in [1.82, 2.24) is 5.32 Å². The lowest BCUT2D eigenvalue weighted by molar-refractivity contribution is -0.149. The van der Waals surface area contributed by atoms with Crippen molar-refractivity contribution in [3.63, 3.8) is 0 Å². The van der Waals surface area contributed by atoms with E-state index in [2.05, 4.69) is 17.4 Å². The minimum absolute atomic E-state index is 0.0518. The lowest BCUT2D eigenvalue weighted by Crippen LogP contribution is -2.45. The summed E-state index contributed by atoms with van der Waals surface area (Å²) in [7, 11) is 0. The molecule has 174 valence electrons. The number of carbonyl (C=O) groups is 3. The first-order valence-corrected chi connectivity index (χ1v) is 11.0. The van der Waals surface area contributed by atoms with E-state index in [-0.39, 0.29) is 32.3 Å². The van der Waals surface area contributed by atoms with E-state index < -0.39 is 18.1 Å². The van der Waals surface area contributed by atoms with Crippen LogP contribution in [0.5, 0.6) is 0 Å². The highest BCUT2D eigenvalue weighted by molar-refractivity contribution is 5.82. The van der Waals surface area contributed by atoms with Crippen molar-refractivity contribution in [2.45, 2.75) is 18.6 Å². The van der Waals surface area contributed by atoms with Gasteiger partial charge in [0.1, 0.15) is 26.1 Å². The van der Waals surface area contributed by atoms with Crippen LogP contribution >= 0.6 is 0 Å². The van der Waals surface area contributed by atoms with Crippen LogP contribution in [-0.4, -0.2) is 44.2 Å². The number of amides is 1. The predicted octanol–water partition coefficient (Wildman–Crippen LogP) is 3.85. The summed E-state index contributed by atoms with van der Waals surface area (Å²) in [6, 6.07) is 24.1. The molecular formula is C27H25NO6. The fourth-order valence-corrected chi connectivity index (χ4v) is 4.01. The van der Waals surface area contributed by atoms with Crippen LogP contribution in [0.3, 0.4) is 0 Å². The standard InChI is InChI=1S/C27H25NO6/c29-14-15-32-18-25(26(30)33-16-19-8-2-1-3-9-19)28-27(31)34-17-24-22-12-6-4-10-20(22)21-11-5-7-13-23(21)24/h1-14,24-25H,15-18H2,(H,28,31)/t25-/m0/s1. The number of benzene rings is 3. The van der Waals surface area contributed by atoms with Crippen molar-refractivity contribution >= 4 is 18.3 Å². The second kappa shape index (κ2) is 11.2. The Labute approximate surface area is 197 Å². The van der Waals surface area contributed by atoms with Crippen molar-refractivity contribution in [3.05, 3.63) is 95.6 Å². The molecule has 0 saturated carbocycles. The Bertz CT molecular complexity index is 1100. The predicted molar refractivity (Wildman–Crippen MR) is 125 cm³/mol. The van der Waals surface area contributed by atoms with Crippen LogP contribution in [0.1, 0.15) is 22.6 Å². The molecule has 0 fully saturated rings. The van der Waals surface area contributed by atoms with Gasteiger partial charge in [-0.3, -0.25) is 0 Å². The summed E-state index contributed by atoms with van der Waals surface area (Å²) in [5.41, 5.74) is 5.23. The maximum absolute atomic E-state index is 12.6. The van der Waals surface area contributed by atoms with Crippen molar-refractivity contribution in [2.75, 3.05) is 19.8 Å². The van der Waals surface area contributed by atoms with Crippen LogP contribution in [0.15, 0.2) is 78.9 Å². The molecule has 1 amide bonds. The molecule has 0 aromatic heterocycles. The second-order valence-electron chi connectivity index (χ2n) is 7.82. The van der Waals surface area contributed by atoms with Gasteiger partial charge in [-0.1, -0.05) is 78.9 Å². The van der Waals surface area contributed by atoms with Crippen LogP contribution in [0.25, 0.3) is 11.1 Å². The summed E-state index contributed by atoms with van der Waals surface area (Å²) in [5.74, 6) is -0.781. The van der Waals surface area contributed by atoms with Crippen LogP contribution in [0, 0.1) is 0 Å². The van der Waals surface area contributed by atoms with Crippen molar-refractivity contribution in [3.8, 4) is 11.1 Å². The lowest BCUT2D eigenvalue weighted by Gasteiger charge is -2.19. The van der Waals surface area contributed by atoms with Gasteiger partial charge in [0.2, 0.25) is 0 Å². The van der Waals surface area contributed by atoms with Gasteiger partial charge in [0.05, 0.1) is 6.61 Å². The van der Waals surface area contributed by atoms with E-state index >= 15 is 0 Å². The Balaban J connectivity index is 1.37. The average Bonchev–Trinajstić information content (AvgIpc) is 3.20. The van der Waals surface area contributed by atoms with Crippen molar-refractivity contribution < 1.29 is 28.6 Å². The number of alkyl carbamates (subject to hydrolysis) is 1. The van der Waals surface area contributed by atoms with Gasteiger partial charge >= 0.3 is 12.1 Å². The van der Waals surface area contributed by atoms with Gasteiger partial charge in [0, 0.05) is 5.92 Å². The molecule has 0 heterocycles. The molecule has 34 heavy (non-hydrogen) atoms. The van der Waals surface area contributed by atoms with E-state index in [1.54, 1.807) is 0 Å². The first-order valence-electron chi connectivity index (χ1n) is 11.0. The molecule has 0 radical (unpaired) electrons. The fourth-order valence-electron chi connectivity index (χ4n) is 4.01. The average molecular weight is 459 g/mol. The first kappa shape index (κ1) is 23.2. The molecule has 0 bridgehead atoms. The highest BCUT2D eigenvalue weighted by Gasteiger charge is 2.30. The topological polar surface area (TPSA) is 90.9 Å². The SMILES string of the molecule is O=CCOC[C@H](NC(=O)OCC1c2ccccc2-c2ccccc21)C(=O)OCc1ccccc1. The molecule has 0 aliphatic heterocycles. The van der Waals surface area contributed by atoms with Gasteiger partial charge < -0.3 is 24.3 Å². The van der Waals surface area contributed by atoms with Crippen molar-refractivity contribution in [2.24, 2.45) is 0 Å². The summed E-state index contributed by atoms with van der Waals surface area (Å²) < 4.78 is 16.0. The number of ether oxygens (including phenoxy) is 3. The highest BCUT2D eigenvalue weighted by atomic mass is 16.6. The molecule has 0 saturated heterocycles. The van der Waals surface area contributed by atoms with Gasteiger partial charge in [-0.05, 0) is 27.8 Å². The molecule has 7 heteroatoms. The number of hydrogen-bond acceptors (Lipinski definition) is 6. The number of esters is 1. The zero-order valence-corrected chi connectivity index (χ0v) is 18.5. The van der Waals surface area contributed by atoms with Gasteiger partial charge in [0.25, 0.3) is 0 Å². The first-order chi connectivity index (χ1) is 16.7. The molecule has 0 unspecified atom stereocenters. The largest absolute Gasteiger partial charge is 0.459 e. The molecule has 1 aliphatic rings. The van der Waals surface area contributed by atoms with E-state index in [4.69, 9.17) is 14.2 Å². The summed E-state index contributed by atoms with van der Waals surface area (Å²) in [6.45, 7) is -0.248. The zero-order valence-electron chi connectivity index (χ0n) is 18.5. The summed E-state index contributed by atoms with van der Waals surface area (Å²) >= 11 is 0. The van der Waals surface area contributed by atoms with E-state index in [0.29, 0.717) is 6.29 Å². The Morgan fingerprint density at radius 1 is 0.853 bits per heavy atom. The van der Waals surface area contributed by atoms with Crippen LogP contribution in [0.2, 0.25) is 0 Å². The maximum atomic E-state index is 12.6. The molecule has 1 aliphatic carbocycles. The van der Waals surface area contributed by atoms with E-state index in [1.807, 2.05) is 66.7 Å². The van der Waals surface area contributed by atoms with E-state index in [0.717, 1.165) is 27.8 Å². The van der Waals surface area contributed by atoms with E-state index in [9.17, 15) is 14.4 Å². The molecule has 4 rings (SSSR count).